The van der Waals surface area contributed by atoms with E-state index in [0.29, 0.717) is 17.4 Å². The minimum atomic E-state index is -0.208. The maximum Gasteiger partial charge on any atom is 0.319 e. The van der Waals surface area contributed by atoms with Crippen molar-refractivity contribution in [3.05, 3.63) is 23.8 Å². The van der Waals surface area contributed by atoms with Gasteiger partial charge in [0.15, 0.2) is 0 Å². The Hall–Kier alpha value is -1.71. The fraction of sp³-hybridized carbons (Fsp3) is 0.500. The van der Waals surface area contributed by atoms with E-state index in [-0.39, 0.29) is 12.1 Å². The van der Waals surface area contributed by atoms with E-state index in [1.54, 1.807) is 7.11 Å². The molecule has 2 N–H and O–H groups in total. The van der Waals surface area contributed by atoms with Gasteiger partial charge in [-0.15, -0.1) is 0 Å². The van der Waals surface area contributed by atoms with Crippen LogP contribution in [-0.2, 0) is 0 Å². The van der Waals surface area contributed by atoms with Gasteiger partial charge >= 0.3 is 6.03 Å². The molecule has 18 heavy (non-hydrogen) atoms. The van der Waals surface area contributed by atoms with E-state index in [9.17, 15) is 4.79 Å². The molecule has 0 spiro atoms. The van der Waals surface area contributed by atoms with Crippen molar-refractivity contribution in [3.8, 4) is 5.75 Å². The zero-order valence-corrected chi connectivity index (χ0v) is 11.7. The number of carbonyl (C=O) groups excluding carboxylic acids is 1. The van der Waals surface area contributed by atoms with Gasteiger partial charge in [0.05, 0.1) is 12.8 Å². The molecule has 100 valence electrons. The van der Waals surface area contributed by atoms with Gasteiger partial charge in [-0.2, -0.15) is 0 Å². The topological polar surface area (TPSA) is 50.4 Å². The summed E-state index contributed by atoms with van der Waals surface area (Å²) in [6.07, 6.45) is 0. The monoisotopic (exact) mass is 250 g/mol. The summed E-state index contributed by atoms with van der Waals surface area (Å²) < 4.78 is 5.21. The Labute approximate surface area is 109 Å². The minimum absolute atomic E-state index is 0.126. The summed E-state index contributed by atoms with van der Waals surface area (Å²) >= 11 is 0. The molecule has 0 aliphatic rings. The Bertz CT molecular complexity index is 416. The van der Waals surface area contributed by atoms with E-state index in [0.717, 1.165) is 5.56 Å². The number of aryl methyl sites for hydroxylation is 1. The molecule has 4 heteroatoms. The van der Waals surface area contributed by atoms with Crippen molar-refractivity contribution in [1.29, 1.82) is 0 Å². The molecule has 0 aliphatic heterocycles. The van der Waals surface area contributed by atoms with Gasteiger partial charge in [-0.25, -0.2) is 4.79 Å². The van der Waals surface area contributed by atoms with Gasteiger partial charge < -0.3 is 15.4 Å². The quantitative estimate of drug-likeness (QED) is 0.862. The molecule has 1 unspecified atom stereocenters. The molecule has 1 aromatic carbocycles. The lowest BCUT2D eigenvalue weighted by atomic mass is 10.1. The van der Waals surface area contributed by atoms with E-state index in [2.05, 4.69) is 24.5 Å². The second-order valence-corrected chi connectivity index (χ2v) is 4.83. The number of rotatable bonds is 4. The number of anilines is 1. The molecular formula is C14H22N2O2. The predicted molar refractivity (Wildman–Crippen MR) is 74.2 cm³/mol. The molecule has 0 bridgehead atoms. The summed E-state index contributed by atoms with van der Waals surface area (Å²) in [5.74, 6) is 1.06. The molecule has 0 aliphatic carbocycles. The number of amides is 2. The van der Waals surface area contributed by atoms with Crippen LogP contribution in [0.15, 0.2) is 18.2 Å². The second-order valence-electron chi connectivity index (χ2n) is 4.83. The first kappa shape index (κ1) is 14.4. The minimum Gasteiger partial charge on any atom is -0.495 e. The van der Waals surface area contributed by atoms with Gasteiger partial charge in [-0.05, 0) is 37.5 Å². The molecule has 0 fully saturated rings. The maximum absolute atomic E-state index is 11.8. The molecule has 0 heterocycles. The van der Waals surface area contributed by atoms with Gasteiger partial charge in [0.25, 0.3) is 0 Å². The summed E-state index contributed by atoms with van der Waals surface area (Å²) in [7, 11) is 1.59. The van der Waals surface area contributed by atoms with Crippen LogP contribution in [0.3, 0.4) is 0 Å². The van der Waals surface area contributed by atoms with Gasteiger partial charge in [0.2, 0.25) is 0 Å². The highest BCUT2D eigenvalue weighted by Crippen LogP contribution is 2.25. The van der Waals surface area contributed by atoms with Crippen molar-refractivity contribution >= 4 is 11.7 Å². The van der Waals surface area contributed by atoms with Gasteiger partial charge in [0.1, 0.15) is 5.75 Å². The van der Waals surface area contributed by atoms with Crippen LogP contribution in [0, 0.1) is 12.8 Å². The Morgan fingerprint density at radius 1 is 1.28 bits per heavy atom. The normalized spacial score (nSPS) is 12.1. The van der Waals surface area contributed by atoms with Crippen LogP contribution < -0.4 is 15.4 Å². The lowest BCUT2D eigenvalue weighted by molar-refractivity contribution is 0.246. The summed E-state index contributed by atoms with van der Waals surface area (Å²) in [6, 6.07) is 5.59. The van der Waals surface area contributed by atoms with E-state index in [4.69, 9.17) is 4.74 Å². The number of hydrogen-bond donors (Lipinski definition) is 2. The Morgan fingerprint density at radius 3 is 2.50 bits per heavy atom. The Balaban J connectivity index is 2.72. The molecule has 2 amide bonds. The fourth-order valence-corrected chi connectivity index (χ4v) is 1.45. The molecule has 1 aromatic rings. The van der Waals surface area contributed by atoms with Gasteiger partial charge in [0, 0.05) is 6.04 Å². The van der Waals surface area contributed by atoms with Crippen molar-refractivity contribution in [2.75, 3.05) is 12.4 Å². The number of nitrogens with one attached hydrogen (secondary N) is 2. The molecule has 0 radical (unpaired) electrons. The number of methoxy groups -OCH3 is 1. The molecule has 0 saturated carbocycles. The zero-order valence-electron chi connectivity index (χ0n) is 11.7. The van der Waals surface area contributed by atoms with Gasteiger partial charge in [-0.3, -0.25) is 0 Å². The summed E-state index contributed by atoms with van der Waals surface area (Å²) in [5.41, 5.74) is 1.76. The average Bonchev–Trinajstić information content (AvgIpc) is 2.28. The van der Waals surface area contributed by atoms with E-state index in [1.807, 2.05) is 32.0 Å². The zero-order chi connectivity index (χ0) is 13.7. The number of urea groups is 1. The Morgan fingerprint density at radius 2 is 1.94 bits per heavy atom. The third-order valence-electron chi connectivity index (χ3n) is 2.96. The first-order valence-electron chi connectivity index (χ1n) is 6.16. The van der Waals surface area contributed by atoms with Crippen LogP contribution in [0.25, 0.3) is 0 Å². The van der Waals surface area contributed by atoms with Crippen molar-refractivity contribution < 1.29 is 9.53 Å². The first-order chi connectivity index (χ1) is 8.43. The van der Waals surface area contributed by atoms with Crippen molar-refractivity contribution in [2.45, 2.75) is 33.7 Å². The largest absolute Gasteiger partial charge is 0.495 e. The molecular weight excluding hydrogens is 228 g/mol. The van der Waals surface area contributed by atoms with Crippen LogP contribution in [0.2, 0.25) is 0 Å². The lowest BCUT2D eigenvalue weighted by Gasteiger charge is -2.18. The molecule has 1 atom stereocenters. The number of carbonyl (C=O) groups is 1. The van der Waals surface area contributed by atoms with Gasteiger partial charge in [-0.1, -0.05) is 19.9 Å². The summed E-state index contributed by atoms with van der Waals surface area (Å²) in [6.45, 7) is 8.09. The number of ether oxygens (including phenoxy) is 1. The SMILES string of the molecule is COc1ccc(C)cc1NC(=O)NC(C)C(C)C. The molecule has 4 nitrogen and oxygen atoms in total. The average molecular weight is 250 g/mol. The van der Waals surface area contributed by atoms with Crippen LogP contribution in [0.5, 0.6) is 5.75 Å². The summed E-state index contributed by atoms with van der Waals surface area (Å²) in [5, 5.41) is 5.71. The van der Waals surface area contributed by atoms with Crippen molar-refractivity contribution in [1.82, 2.24) is 5.32 Å². The van der Waals surface area contributed by atoms with Crippen LogP contribution in [0.4, 0.5) is 10.5 Å². The molecule has 0 saturated heterocycles. The predicted octanol–water partition coefficient (Wildman–Crippen LogP) is 3.17. The van der Waals surface area contributed by atoms with Crippen molar-refractivity contribution in [2.24, 2.45) is 5.92 Å². The van der Waals surface area contributed by atoms with Crippen LogP contribution in [0.1, 0.15) is 26.3 Å². The van der Waals surface area contributed by atoms with E-state index >= 15 is 0 Å². The second kappa shape index (κ2) is 6.28. The third kappa shape index (κ3) is 3.95. The fourth-order valence-electron chi connectivity index (χ4n) is 1.45. The maximum atomic E-state index is 11.8. The van der Waals surface area contributed by atoms with Crippen molar-refractivity contribution in [3.63, 3.8) is 0 Å². The van der Waals surface area contributed by atoms with Crippen LogP contribution in [-0.4, -0.2) is 19.2 Å². The summed E-state index contributed by atoms with van der Waals surface area (Å²) in [4.78, 5) is 11.8. The highest BCUT2D eigenvalue weighted by molar-refractivity contribution is 5.91. The Kier molecular flexibility index (Phi) is 5.01. The first-order valence-corrected chi connectivity index (χ1v) is 6.16. The van der Waals surface area contributed by atoms with E-state index in [1.165, 1.54) is 0 Å². The number of benzene rings is 1. The van der Waals surface area contributed by atoms with Crippen LogP contribution >= 0.6 is 0 Å². The highest BCUT2D eigenvalue weighted by Gasteiger charge is 2.12. The molecule has 0 aromatic heterocycles. The standard InChI is InChI=1S/C14H22N2O2/c1-9(2)11(4)15-14(17)16-12-8-10(3)6-7-13(12)18-5/h6-9,11H,1-5H3,(H2,15,16,17). The highest BCUT2D eigenvalue weighted by atomic mass is 16.5. The smallest absolute Gasteiger partial charge is 0.319 e. The third-order valence-corrected chi connectivity index (χ3v) is 2.96. The lowest BCUT2D eigenvalue weighted by Crippen LogP contribution is -2.39. The van der Waals surface area contributed by atoms with E-state index < -0.39 is 0 Å². The molecule has 1 rings (SSSR count). The number of hydrogen-bond acceptors (Lipinski definition) is 2.